The summed E-state index contributed by atoms with van der Waals surface area (Å²) in [6.45, 7) is 1.47. The Bertz CT molecular complexity index is 622. The minimum Gasteiger partial charge on any atom is -0.237 e. The maximum absolute atomic E-state index is 12.2. The largest absolute Gasteiger partial charge is 0.237 e. The van der Waals surface area contributed by atoms with Gasteiger partial charge in [-0.15, -0.1) is 0 Å². The molecule has 0 radical (unpaired) electrons. The summed E-state index contributed by atoms with van der Waals surface area (Å²) in [5, 5.41) is 0. The third-order valence-corrected chi connectivity index (χ3v) is 4.68. The summed E-state index contributed by atoms with van der Waals surface area (Å²) in [7, 11) is -1.01. The highest BCUT2D eigenvalue weighted by Gasteiger charge is 2.24. The summed E-state index contributed by atoms with van der Waals surface area (Å²) >= 11 is 0. The lowest BCUT2D eigenvalue weighted by Crippen LogP contribution is -2.19. The molecule has 3 rings (SSSR count). The second-order valence-electron chi connectivity index (χ2n) is 4.49. The third kappa shape index (κ3) is 2.67. The molecule has 1 heterocycles. The molecule has 0 saturated heterocycles. The monoisotopic (exact) mass is 269 g/mol. The molecule has 1 aliphatic rings. The molecular weight excluding hydrogens is 254 g/mol. The lowest BCUT2D eigenvalue weighted by molar-refractivity contribution is 0.501. The first-order valence-electron chi connectivity index (χ1n) is 6.31. The molecule has 0 saturated carbocycles. The van der Waals surface area contributed by atoms with E-state index in [1.54, 1.807) is 0 Å². The van der Waals surface area contributed by atoms with E-state index in [0.29, 0.717) is 6.54 Å². The molecule has 96 valence electrons. The first-order valence-corrected chi connectivity index (χ1v) is 7.41. The molecule has 1 atom stereocenters. The van der Waals surface area contributed by atoms with Crippen molar-refractivity contribution in [1.82, 2.24) is 4.31 Å². The molecule has 2 aromatic carbocycles. The first-order chi connectivity index (χ1) is 9.34. The standard InChI is InChI=1S/C16H15NOS/c18-19-16-11-5-4-10-15(16)13-17(19)12-6-9-14-7-2-1-3-8-14/h1-11H,12-13H2/b9-6+/t19-/m0/s1. The normalized spacial score (nSPS) is 18.8. The van der Waals surface area contributed by atoms with E-state index < -0.39 is 11.0 Å². The van der Waals surface area contributed by atoms with Crippen LogP contribution in [0, 0.1) is 0 Å². The summed E-state index contributed by atoms with van der Waals surface area (Å²) in [5.74, 6) is 0. The Labute approximate surface area is 116 Å². The van der Waals surface area contributed by atoms with Gasteiger partial charge in [0.25, 0.3) is 0 Å². The summed E-state index contributed by atoms with van der Waals surface area (Å²) in [4.78, 5) is 0.954. The summed E-state index contributed by atoms with van der Waals surface area (Å²) < 4.78 is 14.2. The van der Waals surface area contributed by atoms with Crippen molar-refractivity contribution in [3.63, 3.8) is 0 Å². The maximum Gasteiger partial charge on any atom is 0.128 e. The Morgan fingerprint density at radius 2 is 1.79 bits per heavy atom. The van der Waals surface area contributed by atoms with E-state index in [-0.39, 0.29) is 0 Å². The minimum absolute atomic E-state index is 0.705. The number of rotatable bonds is 3. The molecule has 0 bridgehead atoms. The van der Waals surface area contributed by atoms with E-state index in [1.807, 2.05) is 46.8 Å². The van der Waals surface area contributed by atoms with Gasteiger partial charge in [-0.2, -0.15) is 0 Å². The summed E-state index contributed by atoms with van der Waals surface area (Å²) in [6.07, 6.45) is 4.14. The van der Waals surface area contributed by atoms with Crippen LogP contribution in [-0.2, 0) is 17.5 Å². The Morgan fingerprint density at radius 1 is 1.05 bits per heavy atom. The minimum atomic E-state index is -1.01. The van der Waals surface area contributed by atoms with Crippen LogP contribution in [0.3, 0.4) is 0 Å². The van der Waals surface area contributed by atoms with E-state index >= 15 is 0 Å². The average Bonchev–Trinajstić information content (AvgIpc) is 2.78. The number of nitrogens with zero attached hydrogens (tertiary/aromatic N) is 1. The van der Waals surface area contributed by atoms with Crippen molar-refractivity contribution in [2.75, 3.05) is 6.54 Å². The van der Waals surface area contributed by atoms with Gasteiger partial charge in [0.05, 0.1) is 4.90 Å². The van der Waals surface area contributed by atoms with Crippen molar-refractivity contribution in [3.05, 3.63) is 71.8 Å². The molecule has 2 nitrogen and oxygen atoms in total. The van der Waals surface area contributed by atoms with E-state index in [4.69, 9.17) is 0 Å². The van der Waals surface area contributed by atoms with Crippen LogP contribution in [0.4, 0.5) is 0 Å². The van der Waals surface area contributed by atoms with E-state index in [2.05, 4.69) is 24.3 Å². The quantitative estimate of drug-likeness (QED) is 0.837. The van der Waals surface area contributed by atoms with Crippen molar-refractivity contribution in [2.24, 2.45) is 0 Å². The average molecular weight is 269 g/mol. The van der Waals surface area contributed by atoms with Gasteiger partial charge < -0.3 is 0 Å². The number of benzene rings is 2. The van der Waals surface area contributed by atoms with Crippen LogP contribution in [0.15, 0.2) is 65.6 Å². The zero-order chi connectivity index (χ0) is 13.1. The Kier molecular flexibility index (Phi) is 3.58. The van der Waals surface area contributed by atoms with Gasteiger partial charge in [0.1, 0.15) is 11.0 Å². The fourth-order valence-electron chi connectivity index (χ4n) is 2.20. The van der Waals surface area contributed by atoms with Crippen molar-refractivity contribution >= 4 is 17.1 Å². The predicted octanol–water partition coefficient (Wildman–Crippen LogP) is 3.24. The zero-order valence-corrected chi connectivity index (χ0v) is 11.3. The summed E-state index contributed by atoms with van der Waals surface area (Å²) in [5.41, 5.74) is 2.35. The van der Waals surface area contributed by atoms with Gasteiger partial charge in [-0.25, -0.2) is 8.51 Å². The van der Waals surface area contributed by atoms with Crippen molar-refractivity contribution in [2.45, 2.75) is 11.4 Å². The Morgan fingerprint density at radius 3 is 2.58 bits per heavy atom. The molecule has 1 aliphatic heterocycles. The Balaban J connectivity index is 1.67. The van der Waals surface area contributed by atoms with Crippen LogP contribution in [-0.4, -0.2) is 15.1 Å². The van der Waals surface area contributed by atoms with Crippen molar-refractivity contribution in [1.29, 1.82) is 0 Å². The van der Waals surface area contributed by atoms with Crippen LogP contribution in [0.5, 0.6) is 0 Å². The topological polar surface area (TPSA) is 20.3 Å². The Hall–Kier alpha value is -1.71. The lowest BCUT2D eigenvalue weighted by atomic mass is 10.2. The molecule has 19 heavy (non-hydrogen) atoms. The first kappa shape index (κ1) is 12.3. The van der Waals surface area contributed by atoms with E-state index in [0.717, 1.165) is 11.4 Å². The molecule has 0 N–H and O–H groups in total. The van der Waals surface area contributed by atoms with Gasteiger partial charge in [-0.1, -0.05) is 60.7 Å². The fourth-order valence-corrected chi connectivity index (χ4v) is 3.50. The summed E-state index contributed by atoms with van der Waals surface area (Å²) in [6, 6.07) is 18.1. The third-order valence-electron chi connectivity index (χ3n) is 3.16. The SMILES string of the molecule is O=[S@]1c2ccccc2CN1C/C=C/c1ccccc1. The van der Waals surface area contributed by atoms with Crippen molar-refractivity contribution < 1.29 is 4.21 Å². The molecular formula is C16H15NOS. The highest BCUT2D eigenvalue weighted by Crippen LogP contribution is 2.26. The van der Waals surface area contributed by atoms with Crippen LogP contribution < -0.4 is 0 Å². The van der Waals surface area contributed by atoms with Crippen LogP contribution >= 0.6 is 0 Å². The molecule has 0 aromatic heterocycles. The molecule has 0 aliphatic carbocycles. The fraction of sp³-hybridized carbons (Fsp3) is 0.125. The molecule has 2 aromatic rings. The maximum atomic E-state index is 12.2. The molecule has 3 heteroatoms. The second kappa shape index (κ2) is 5.51. The van der Waals surface area contributed by atoms with Crippen LogP contribution in [0.1, 0.15) is 11.1 Å². The van der Waals surface area contributed by atoms with Crippen LogP contribution in [0.25, 0.3) is 6.08 Å². The van der Waals surface area contributed by atoms with Gasteiger partial charge in [0.15, 0.2) is 0 Å². The zero-order valence-electron chi connectivity index (χ0n) is 10.5. The van der Waals surface area contributed by atoms with Gasteiger partial charge in [-0.3, -0.25) is 0 Å². The van der Waals surface area contributed by atoms with Gasteiger partial charge in [-0.05, 0) is 17.2 Å². The molecule has 0 unspecified atom stereocenters. The smallest absolute Gasteiger partial charge is 0.128 e. The molecule has 0 amide bonds. The highest BCUT2D eigenvalue weighted by molar-refractivity contribution is 7.83. The lowest BCUT2D eigenvalue weighted by Gasteiger charge is -2.09. The van der Waals surface area contributed by atoms with E-state index in [1.165, 1.54) is 11.1 Å². The number of hydrogen-bond acceptors (Lipinski definition) is 1. The number of fused-ring (bicyclic) bond motifs is 1. The van der Waals surface area contributed by atoms with Gasteiger partial charge in [0, 0.05) is 13.1 Å². The molecule has 0 spiro atoms. The molecule has 0 fully saturated rings. The van der Waals surface area contributed by atoms with Gasteiger partial charge in [0.2, 0.25) is 0 Å². The predicted molar refractivity (Wildman–Crippen MR) is 78.7 cm³/mol. The van der Waals surface area contributed by atoms with Crippen molar-refractivity contribution in [3.8, 4) is 0 Å². The van der Waals surface area contributed by atoms with Crippen LogP contribution in [0.2, 0.25) is 0 Å². The second-order valence-corrected chi connectivity index (χ2v) is 5.95. The van der Waals surface area contributed by atoms with E-state index in [9.17, 15) is 4.21 Å². The van der Waals surface area contributed by atoms with Gasteiger partial charge >= 0.3 is 0 Å². The highest BCUT2D eigenvalue weighted by atomic mass is 32.2. The number of hydrogen-bond donors (Lipinski definition) is 0.